The Hall–Kier alpha value is -1.80. The average Bonchev–Trinajstić information content (AvgIpc) is 2.54. The van der Waals surface area contributed by atoms with Gasteiger partial charge in [-0.2, -0.15) is 0 Å². The van der Waals surface area contributed by atoms with Gasteiger partial charge in [0.1, 0.15) is 24.4 Å². The Morgan fingerprint density at radius 2 is 1.69 bits per heavy atom. The van der Waals surface area contributed by atoms with Crippen molar-refractivity contribution in [2.24, 2.45) is 0 Å². The summed E-state index contributed by atoms with van der Waals surface area (Å²) in [7, 11) is 0. The molecule has 5 atom stereocenters. The summed E-state index contributed by atoms with van der Waals surface area (Å²) in [5.74, 6) is -2.86. The van der Waals surface area contributed by atoms with Crippen molar-refractivity contribution in [2.75, 3.05) is 6.61 Å². The molecule has 0 amide bonds. The highest BCUT2D eigenvalue weighted by Gasteiger charge is 2.59. The Labute approximate surface area is 154 Å². The maximum atomic E-state index is 11.0. The van der Waals surface area contributed by atoms with Crippen LogP contribution in [0.25, 0.3) is 0 Å². The fourth-order valence-corrected chi connectivity index (χ4v) is 3.32. The van der Waals surface area contributed by atoms with Gasteiger partial charge in [-0.05, 0) is 0 Å². The molecule has 1 saturated heterocycles. The van der Waals surface area contributed by atoms with Crippen LogP contribution in [0.4, 0.5) is 5.69 Å². The van der Waals surface area contributed by atoms with Gasteiger partial charge in [0.2, 0.25) is 0 Å². The van der Waals surface area contributed by atoms with E-state index in [2.05, 4.69) is 4.84 Å². The van der Waals surface area contributed by atoms with Gasteiger partial charge in [-0.15, -0.1) is 10.1 Å². The van der Waals surface area contributed by atoms with Crippen LogP contribution in [-0.4, -0.2) is 61.5 Å². The zero-order valence-corrected chi connectivity index (χ0v) is 14.1. The van der Waals surface area contributed by atoms with Crippen LogP contribution in [0, 0.1) is 20.2 Å². The van der Waals surface area contributed by atoms with Crippen LogP contribution in [0.5, 0.6) is 0 Å². The van der Waals surface area contributed by atoms with E-state index in [1.54, 1.807) is 0 Å². The molecule has 0 saturated carbocycles. The molecule has 1 heterocycles. The van der Waals surface area contributed by atoms with Crippen LogP contribution < -0.4 is 0 Å². The van der Waals surface area contributed by atoms with E-state index in [1.165, 1.54) is 0 Å². The minimum Gasteiger partial charge on any atom is -0.394 e. The van der Waals surface area contributed by atoms with Crippen LogP contribution in [-0.2, 0) is 15.4 Å². The summed E-state index contributed by atoms with van der Waals surface area (Å²) in [6.45, 7) is -0.921. The van der Waals surface area contributed by atoms with Gasteiger partial charge in [0.25, 0.3) is 16.6 Å². The van der Waals surface area contributed by atoms with E-state index in [-0.39, 0.29) is 0 Å². The molecule has 12 nitrogen and oxygen atoms in total. The molecule has 0 radical (unpaired) electrons. The van der Waals surface area contributed by atoms with E-state index in [0.29, 0.717) is 0 Å². The minimum atomic E-state index is -2.86. The fraction of sp³-hybridized carbons (Fsp3) is 0.500. The quantitative estimate of drug-likeness (QED) is 0.369. The molecule has 0 aliphatic carbocycles. The molecule has 1 aliphatic rings. The lowest BCUT2D eigenvalue weighted by Crippen LogP contribution is -2.65. The van der Waals surface area contributed by atoms with Gasteiger partial charge in [-0.1, -0.05) is 23.2 Å². The first-order valence-corrected chi connectivity index (χ1v) is 7.61. The molecular formula is C12H12Cl2N2O10. The summed E-state index contributed by atoms with van der Waals surface area (Å²) < 4.78 is 5.16. The molecule has 26 heavy (non-hydrogen) atoms. The van der Waals surface area contributed by atoms with Gasteiger partial charge in [-0.25, -0.2) is 0 Å². The highest BCUT2D eigenvalue weighted by Crippen LogP contribution is 2.46. The molecule has 0 bridgehead atoms. The first-order chi connectivity index (χ1) is 12.0. The van der Waals surface area contributed by atoms with Gasteiger partial charge < -0.3 is 25.2 Å². The second-order valence-electron chi connectivity index (χ2n) is 5.29. The zero-order chi connectivity index (χ0) is 19.8. The number of hydrogen-bond donors (Lipinski definition) is 4. The SMILES string of the molecule is O=[N+]([O-])O[C@]1(c2c(Cl)cc([N+](=O)[O-])cc2Cl)O[C@H](CO)[C@H](O)[C@H](O)[C@H]1O. The number of aliphatic hydroxyl groups excluding tert-OH is 4. The van der Waals surface area contributed by atoms with E-state index in [1.807, 2.05) is 0 Å². The number of nitro benzene ring substituents is 1. The van der Waals surface area contributed by atoms with Crippen LogP contribution in [0.15, 0.2) is 12.1 Å². The molecule has 0 spiro atoms. The molecule has 1 fully saturated rings. The first-order valence-electron chi connectivity index (χ1n) is 6.85. The van der Waals surface area contributed by atoms with Crippen molar-refractivity contribution < 1.29 is 40.0 Å². The highest BCUT2D eigenvalue weighted by atomic mass is 35.5. The number of rotatable bonds is 5. The number of non-ortho nitro benzene ring substituents is 1. The predicted octanol–water partition coefficient (Wildman–Crippen LogP) is -0.264. The standard InChI is InChI=1S/C12H12Cl2N2O10/c13-5-1-4(15(21)22)2-6(14)8(5)12(26-16(23)24)11(20)10(19)9(18)7(3-17)25-12/h1-2,7,9-11,17-20H,3H2/t7-,9+,10+,11-,12+/m1/s1. The third kappa shape index (κ3) is 3.40. The topological polar surface area (TPSA) is 186 Å². The number of hydrogen-bond acceptors (Lipinski definition) is 10. The molecule has 4 N–H and O–H groups in total. The molecule has 144 valence electrons. The Balaban J connectivity index is 2.71. The number of aliphatic hydroxyl groups is 4. The second kappa shape index (κ2) is 7.44. The summed E-state index contributed by atoms with van der Waals surface area (Å²) in [4.78, 5) is 25.4. The van der Waals surface area contributed by atoms with Crippen molar-refractivity contribution in [3.05, 3.63) is 48.0 Å². The Bertz CT molecular complexity index is 709. The van der Waals surface area contributed by atoms with E-state index < -0.39 is 68.1 Å². The molecule has 14 heteroatoms. The highest BCUT2D eigenvalue weighted by molar-refractivity contribution is 6.36. The predicted molar refractivity (Wildman–Crippen MR) is 82.9 cm³/mol. The molecule has 1 aromatic carbocycles. The molecule has 0 unspecified atom stereocenters. The van der Waals surface area contributed by atoms with E-state index in [4.69, 9.17) is 27.9 Å². The molecule has 1 aromatic rings. The summed E-state index contributed by atoms with van der Waals surface area (Å²) in [5.41, 5.74) is -1.16. The van der Waals surface area contributed by atoms with Gasteiger partial charge in [0.05, 0.1) is 27.1 Å². The van der Waals surface area contributed by atoms with Crippen molar-refractivity contribution in [1.29, 1.82) is 0 Å². The molecule has 1 aliphatic heterocycles. The normalized spacial score (nSPS) is 31.5. The number of benzene rings is 1. The van der Waals surface area contributed by atoms with Crippen molar-refractivity contribution in [3.63, 3.8) is 0 Å². The number of halogens is 2. The Morgan fingerprint density at radius 3 is 2.12 bits per heavy atom. The smallest absolute Gasteiger partial charge is 0.297 e. The average molecular weight is 415 g/mol. The maximum absolute atomic E-state index is 11.0. The lowest BCUT2D eigenvalue weighted by molar-refractivity contribution is -0.808. The number of nitro groups is 1. The summed E-state index contributed by atoms with van der Waals surface area (Å²) in [6, 6.07) is 1.55. The summed E-state index contributed by atoms with van der Waals surface area (Å²) in [5, 5.41) is 58.7. The first kappa shape index (κ1) is 20.5. The minimum absolute atomic E-state index is 0.551. The Morgan fingerprint density at radius 1 is 1.15 bits per heavy atom. The number of ether oxygens (including phenoxy) is 1. The fourth-order valence-electron chi connectivity index (χ4n) is 2.58. The number of nitrogens with zero attached hydrogens (tertiary/aromatic N) is 2. The third-order valence-corrected chi connectivity index (χ3v) is 4.34. The second-order valence-corrected chi connectivity index (χ2v) is 6.10. The van der Waals surface area contributed by atoms with E-state index >= 15 is 0 Å². The molecule has 2 rings (SSSR count). The van der Waals surface area contributed by atoms with Gasteiger partial charge in [-0.3, -0.25) is 15.0 Å². The van der Waals surface area contributed by atoms with Crippen LogP contribution in [0.2, 0.25) is 10.0 Å². The van der Waals surface area contributed by atoms with E-state index in [9.17, 15) is 40.7 Å². The van der Waals surface area contributed by atoms with Crippen LogP contribution in [0.3, 0.4) is 0 Å². The van der Waals surface area contributed by atoms with Gasteiger partial charge >= 0.3 is 0 Å². The van der Waals surface area contributed by atoms with Crippen molar-refractivity contribution in [1.82, 2.24) is 0 Å². The van der Waals surface area contributed by atoms with Crippen molar-refractivity contribution in [2.45, 2.75) is 30.2 Å². The molecule has 0 aromatic heterocycles. The maximum Gasteiger partial charge on any atom is 0.297 e. The lowest BCUT2D eigenvalue weighted by Gasteiger charge is -2.47. The van der Waals surface area contributed by atoms with E-state index in [0.717, 1.165) is 12.1 Å². The van der Waals surface area contributed by atoms with Crippen molar-refractivity contribution in [3.8, 4) is 0 Å². The third-order valence-electron chi connectivity index (χ3n) is 3.75. The largest absolute Gasteiger partial charge is 0.394 e. The van der Waals surface area contributed by atoms with Crippen LogP contribution >= 0.6 is 23.2 Å². The lowest BCUT2D eigenvalue weighted by atomic mass is 9.88. The zero-order valence-electron chi connectivity index (χ0n) is 12.6. The monoisotopic (exact) mass is 414 g/mol. The summed E-state index contributed by atoms with van der Waals surface area (Å²) in [6.07, 6.45) is -7.81. The van der Waals surface area contributed by atoms with Gasteiger partial charge in [0.15, 0.2) is 0 Å². The van der Waals surface area contributed by atoms with Crippen molar-refractivity contribution >= 4 is 28.9 Å². The van der Waals surface area contributed by atoms with Crippen LogP contribution in [0.1, 0.15) is 5.56 Å². The Kier molecular flexibility index (Phi) is 5.87. The van der Waals surface area contributed by atoms with Gasteiger partial charge in [0, 0.05) is 12.1 Å². The summed E-state index contributed by atoms with van der Waals surface area (Å²) >= 11 is 11.9. The molecular weight excluding hydrogens is 403 g/mol.